The molecular weight excluding hydrogens is 288 g/mol. The molecule has 4 heteroatoms. The van der Waals surface area contributed by atoms with Crippen molar-refractivity contribution in [3.05, 3.63) is 29.3 Å². The summed E-state index contributed by atoms with van der Waals surface area (Å²) in [4.78, 5) is 1.78. The molecule has 0 bridgehead atoms. The van der Waals surface area contributed by atoms with Crippen molar-refractivity contribution in [2.75, 3.05) is 18.0 Å². The van der Waals surface area contributed by atoms with Crippen LogP contribution in [0, 0.1) is 11.6 Å². The van der Waals surface area contributed by atoms with E-state index in [2.05, 4.69) is 15.9 Å². The number of nitrogens with zero attached hydrogens (tertiary/aromatic N) is 1. The van der Waals surface area contributed by atoms with Crippen LogP contribution < -0.4 is 4.90 Å². The Balaban J connectivity index is 3.09. The maximum absolute atomic E-state index is 13.9. The fourth-order valence-corrected chi connectivity index (χ4v) is 2.20. The summed E-state index contributed by atoms with van der Waals surface area (Å²) in [6, 6.07) is 2.79. The van der Waals surface area contributed by atoms with E-state index >= 15 is 0 Å². The Morgan fingerprint density at radius 2 is 1.53 bits per heavy atom. The number of hydrogen-bond donors (Lipinski definition) is 0. The number of halogens is 3. The van der Waals surface area contributed by atoms with Gasteiger partial charge in [0.1, 0.15) is 17.3 Å². The Morgan fingerprint density at radius 3 is 1.88 bits per heavy atom. The summed E-state index contributed by atoms with van der Waals surface area (Å²) in [7, 11) is 0. The molecule has 0 saturated heterocycles. The fraction of sp³-hybridized carbons (Fsp3) is 0.538. The minimum absolute atomic E-state index is 0.110. The highest BCUT2D eigenvalue weighted by Crippen LogP contribution is 2.26. The average Bonchev–Trinajstić information content (AvgIpc) is 2.28. The Morgan fingerprint density at radius 1 is 1.06 bits per heavy atom. The summed E-state index contributed by atoms with van der Waals surface area (Å²) in [6.07, 6.45) is 1.75. The maximum atomic E-state index is 13.9. The van der Waals surface area contributed by atoms with E-state index in [-0.39, 0.29) is 5.69 Å². The van der Waals surface area contributed by atoms with Crippen LogP contribution in [0.2, 0.25) is 0 Å². The second kappa shape index (κ2) is 6.94. The molecule has 0 amide bonds. The predicted octanol–water partition coefficient (Wildman–Crippen LogP) is 4.49. The van der Waals surface area contributed by atoms with Gasteiger partial charge in [-0.1, -0.05) is 29.8 Å². The van der Waals surface area contributed by atoms with Gasteiger partial charge in [-0.15, -0.1) is 0 Å². The molecule has 96 valence electrons. The molecule has 0 N–H and O–H groups in total. The lowest BCUT2D eigenvalue weighted by Crippen LogP contribution is -2.27. The van der Waals surface area contributed by atoms with Crippen molar-refractivity contribution in [2.45, 2.75) is 32.0 Å². The Hall–Kier alpha value is -0.640. The zero-order chi connectivity index (χ0) is 12.8. The van der Waals surface area contributed by atoms with Gasteiger partial charge in [-0.05, 0) is 30.5 Å². The minimum Gasteiger partial charge on any atom is -0.367 e. The monoisotopic (exact) mass is 305 g/mol. The summed E-state index contributed by atoms with van der Waals surface area (Å²) in [5.74, 6) is -0.942. The third kappa shape index (κ3) is 3.66. The largest absolute Gasteiger partial charge is 0.367 e. The Labute approximate surface area is 110 Å². The average molecular weight is 306 g/mol. The van der Waals surface area contributed by atoms with Crippen LogP contribution in [0.4, 0.5) is 14.5 Å². The molecule has 0 aliphatic heterocycles. The lowest BCUT2D eigenvalue weighted by Gasteiger charge is -2.25. The molecule has 0 fully saturated rings. The van der Waals surface area contributed by atoms with Gasteiger partial charge in [0.25, 0.3) is 0 Å². The van der Waals surface area contributed by atoms with Crippen LogP contribution in [-0.4, -0.2) is 13.1 Å². The number of benzene rings is 1. The van der Waals surface area contributed by atoms with E-state index in [0.717, 1.165) is 12.8 Å². The topological polar surface area (TPSA) is 3.24 Å². The highest BCUT2D eigenvalue weighted by molar-refractivity contribution is 9.08. The van der Waals surface area contributed by atoms with Gasteiger partial charge < -0.3 is 4.90 Å². The van der Waals surface area contributed by atoms with Crippen molar-refractivity contribution in [3.63, 3.8) is 0 Å². The molecular formula is C13H18BrF2N. The van der Waals surface area contributed by atoms with Gasteiger partial charge in [0.05, 0.1) is 0 Å². The van der Waals surface area contributed by atoms with Gasteiger partial charge in [-0.3, -0.25) is 0 Å². The fourth-order valence-electron chi connectivity index (χ4n) is 1.87. The van der Waals surface area contributed by atoms with Crippen molar-refractivity contribution in [1.29, 1.82) is 0 Å². The zero-order valence-electron chi connectivity index (χ0n) is 10.3. The smallest absolute Gasteiger partial charge is 0.149 e. The molecule has 0 aliphatic rings. The molecule has 1 aromatic carbocycles. The molecule has 0 aromatic heterocycles. The van der Waals surface area contributed by atoms with Crippen LogP contribution >= 0.6 is 15.9 Å². The molecule has 1 nitrogen and oxygen atoms in total. The van der Waals surface area contributed by atoms with Crippen LogP contribution in [0.15, 0.2) is 12.1 Å². The van der Waals surface area contributed by atoms with E-state index in [1.807, 2.05) is 13.8 Å². The lowest BCUT2D eigenvalue weighted by molar-refractivity contribution is 0.565. The van der Waals surface area contributed by atoms with Crippen LogP contribution in [0.25, 0.3) is 0 Å². The third-order valence-electron chi connectivity index (χ3n) is 2.53. The van der Waals surface area contributed by atoms with Gasteiger partial charge in [-0.2, -0.15) is 0 Å². The van der Waals surface area contributed by atoms with Gasteiger partial charge in [0, 0.05) is 18.4 Å². The molecule has 0 aliphatic carbocycles. The van der Waals surface area contributed by atoms with Crippen molar-refractivity contribution in [2.24, 2.45) is 0 Å². The standard InChI is InChI=1S/C13H18BrF2N/c1-3-5-17(6-4-2)13-11(15)7-10(9-14)8-12(13)16/h7-8H,3-6,9H2,1-2H3. The number of rotatable bonds is 6. The number of anilines is 1. The third-order valence-corrected chi connectivity index (χ3v) is 3.18. The quantitative estimate of drug-likeness (QED) is 0.700. The normalized spacial score (nSPS) is 10.6. The summed E-state index contributed by atoms with van der Waals surface area (Å²) in [5, 5.41) is 0.461. The van der Waals surface area contributed by atoms with Crippen molar-refractivity contribution >= 4 is 21.6 Å². The van der Waals surface area contributed by atoms with E-state index < -0.39 is 11.6 Å². The molecule has 0 radical (unpaired) electrons. The molecule has 17 heavy (non-hydrogen) atoms. The first-order valence-electron chi connectivity index (χ1n) is 5.92. The molecule has 1 rings (SSSR count). The van der Waals surface area contributed by atoms with Crippen LogP contribution in [0.5, 0.6) is 0 Å². The van der Waals surface area contributed by atoms with E-state index in [0.29, 0.717) is 24.0 Å². The highest BCUT2D eigenvalue weighted by Gasteiger charge is 2.16. The van der Waals surface area contributed by atoms with E-state index in [1.165, 1.54) is 12.1 Å². The van der Waals surface area contributed by atoms with Gasteiger partial charge >= 0.3 is 0 Å². The number of hydrogen-bond acceptors (Lipinski definition) is 1. The van der Waals surface area contributed by atoms with Gasteiger partial charge in [-0.25, -0.2) is 8.78 Å². The van der Waals surface area contributed by atoms with Crippen molar-refractivity contribution in [3.8, 4) is 0 Å². The second-order valence-corrected chi connectivity index (χ2v) is 4.59. The maximum Gasteiger partial charge on any atom is 0.149 e. The lowest BCUT2D eigenvalue weighted by atomic mass is 10.1. The van der Waals surface area contributed by atoms with E-state index in [4.69, 9.17) is 0 Å². The highest BCUT2D eigenvalue weighted by atomic mass is 79.9. The predicted molar refractivity (Wildman–Crippen MR) is 71.8 cm³/mol. The van der Waals surface area contributed by atoms with Crippen molar-refractivity contribution in [1.82, 2.24) is 0 Å². The summed E-state index contributed by atoms with van der Waals surface area (Å²) in [6.45, 7) is 5.36. The zero-order valence-corrected chi connectivity index (χ0v) is 11.9. The molecule has 0 saturated carbocycles. The molecule has 0 spiro atoms. The van der Waals surface area contributed by atoms with Crippen LogP contribution in [0.3, 0.4) is 0 Å². The van der Waals surface area contributed by atoms with Crippen LogP contribution in [0.1, 0.15) is 32.3 Å². The van der Waals surface area contributed by atoms with E-state index in [9.17, 15) is 8.78 Å². The summed E-state index contributed by atoms with van der Waals surface area (Å²) >= 11 is 3.20. The summed E-state index contributed by atoms with van der Waals surface area (Å²) < 4.78 is 27.8. The SMILES string of the molecule is CCCN(CCC)c1c(F)cc(CBr)cc1F. The molecule has 0 heterocycles. The molecule has 0 unspecified atom stereocenters. The van der Waals surface area contributed by atoms with E-state index in [1.54, 1.807) is 4.90 Å². The Kier molecular flexibility index (Phi) is 5.89. The van der Waals surface area contributed by atoms with Gasteiger partial charge in [0.15, 0.2) is 0 Å². The van der Waals surface area contributed by atoms with Gasteiger partial charge in [0.2, 0.25) is 0 Å². The van der Waals surface area contributed by atoms with Crippen molar-refractivity contribution < 1.29 is 8.78 Å². The number of alkyl halides is 1. The molecule has 1 aromatic rings. The molecule has 0 atom stereocenters. The second-order valence-electron chi connectivity index (χ2n) is 4.03. The Bertz CT molecular complexity index is 339. The first-order chi connectivity index (χ1) is 8.13. The minimum atomic E-state index is -0.471. The summed E-state index contributed by atoms with van der Waals surface area (Å²) in [5.41, 5.74) is 0.732. The van der Waals surface area contributed by atoms with Crippen LogP contribution in [-0.2, 0) is 5.33 Å². The first-order valence-corrected chi connectivity index (χ1v) is 7.05. The first kappa shape index (κ1) is 14.4.